The summed E-state index contributed by atoms with van der Waals surface area (Å²) in [4.78, 5) is 12.3. The fourth-order valence-electron chi connectivity index (χ4n) is 2.23. The molecular weight excluding hydrogens is 248 g/mol. The molecule has 3 rings (SSSR count). The summed E-state index contributed by atoms with van der Waals surface area (Å²) in [5, 5.41) is 6.13. The van der Waals surface area contributed by atoms with Crippen LogP contribution in [0.15, 0.2) is 60.9 Å². The van der Waals surface area contributed by atoms with E-state index >= 15 is 0 Å². The molecule has 3 nitrogen and oxygen atoms in total. The predicted octanol–water partition coefficient (Wildman–Crippen LogP) is 3.47. The standard InChI is InChI=1S/C17H14N2O/c1-19-12-13(11-18-19)9-10-17(20)16-8-4-6-14-5-2-3-7-15(14)16/h2-12H,1H3/b10-9+. The van der Waals surface area contributed by atoms with Gasteiger partial charge in [-0.3, -0.25) is 9.48 Å². The highest BCUT2D eigenvalue weighted by Gasteiger charge is 2.06. The summed E-state index contributed by atoms with van der Waals surface area (Å²) in [5.41, 5.74) is 1.64. The van der Waals surface area contributed by atoms with Crippen LogP contribution in [-0.4, -0.2) is 15.6 Å². The van der Waals surface area contributed by atoms with Crippen molar-refractivity contribution in [1.29, 1.82) is 0 Å². The lowest BCUT2D eigenvalue weighted by molar-refractivity contribution is 0.104. The number of carbonyl (C=O) groups excluding carboxylic acids is 1. The van der Waals surface area contributed by atoms with E-state index < -0.39 is 0 Å². The molecule has 0 bridgehead atoms. The SMILES string of the molecule is Cn1cc(/C=C/C(=O)c2cccc3ccccc23)cn1. The van der Waals surface area contributed by atoms with Crippen LogP contribution in [0.4, 0.5) is 0 Å². The van der Waals surface area contributed by atoms with Crippen molar-refractivity contribution in [3.05, 3.63) is 72.1 Å². The van der Waals surface area contributed by atoms with Crippen LogP contribution in [0.5, 0.6) is 0 Å². The van der Waals surface area contributed by atoms with Crippen molar-refractivity contribution in [3.8, 4) is 0 Å². The topological polar surface area (TPSA) is 34.9 Å². The molecular formula is C17H14N2O. The zero-order valence-electron chi connectivity index (χ0n) is 11.2. The van der Waals surface area contributed by atoms with Gasteiger partial charge in [-0.15, -0.1) is 0 Å². The molecule has 0 saturated carbocycles. The first-order chi connectivity index (χ1) is 9.74. The normalized spacial score (nSPS) is 11.2. The predicted molar refractivity (Wildman–Crippen MR) is 80.5 cm³/mol. The zero-order chi connectivity index (χ0) is 13.9. The molecule has 20 heavy (non-hydrogen) atoms. The highest BCUT2D eigenvalue weighted by molar-refractivity contribution is 6.14. The van der Waals surface area contributed by atoms with Crippen LogP contribution in [0.1, 0.15) is 15.9 Å². The Kier molecular flexibility index (Phi) is 3.17. The number of benzene rings is 2. The lowest BCUT2D eigenvalue weighted by atomic mass is 10.0. The molecule has 2 aromatic carbocycles. The summed E-state index contributed by atoms with van der Waals surface area (Å²) in [7, 11) is 1.85. The highest BCUT2D eigenvalue weighted by atomic mass is 16.1. The third-order valence-corrected chi connectivity index (χ3v) is 3.21. The molecule has 0 amide bonds. The maximum absolute atomic E-state index is 12.3. The second kappa shape index (κ2) is 5.13. The van der Waals surface area contributed by atoms with Gasteiger partial charge in [0.05, 0.1) is 6.20 Å². The Balaban J connectivity index is 1.95. The van der Waals surface area contributed by atoms with Crippen LogP contribution in [0.25, 0.3) is 16.8 Å². The monoisotopic (exact) mass is 262 g/mol. The van der Waals surface area contributed by atoms with Gasteiger partial charge in [-0.1, -0.05) is 42.5 Å². The third-order valence-electron chi connectivity index (χ3n) is 3.21. The van der Waals surface area contributed by atoms with Gasteiger partial charge in [-0.25, -0.2) is 0 Å². The number of hydrogen-bond acceptors (Lipinski definition) is 2. The van der Waals surface area contributed by atoms with Crippen LogP contribution >= 0.6 is 0 Å². The average molecular weight is 262 g/mol. The van der Waals surface area contributed by atoms with Crippen molar-refractivity contribution < 1.29 is 4.79 Å². The molecule has 0 aliphatic carbocycles. The first-order valence-electron chi connectivity index (χ1n) is 6.43. The zero-order valence-corrected chi connectivity index (χ0v) is 11.2. The van der Waals surface area contributed by atoms with Gasteiger partial charge >= 0.3 is 0 Å². The molecule has 0 unspecified atom stereocenters. The van der Waals surface area contributed by atoms with Crippen molar-refractivity contribution in [2.75, 3.05) is 0 Å². The molecule has 0 atom stereocenters. The fourth-order valence-corrected chi connectivity index (χ4v) is 2.23. The Morgan fingerprint density at radius 1 is 1.15 bits per heavy atom. The smallest absolute Gasteiger partial charge is 0.186 e. The molecule has 3 heteroatoms. The van der Waals surface area contributed by atoms with Crippen LogP contribution < -0.4 is 0 Å². The lowest BCUT2D eigenvalue weighted by Crippen LogP contribution is -1.95. The Labute approximate surface area is 117 Å². The summed E-state index contributed by atoms with van der Waals surface area (Å²) in [6.07, 6.45) is 6.98. The maximum atomic E-state index is 12.3. The van der Waals surface area contributed by atoms with Crippen LogP contribution in [0, 0.1) is 0 Å². The van der Waals surface area contributed by atoms with E-state index in [0.717, 1.165) is 21.9 Å². The van der Waals surface area contributed by atoms with E-state index in [1.54, 1.807) is 23.0 Å². The number of aryl methyl sites for hydroxylation is 1. The number of fused-ring (bicyclic) bond motifs is 1. The van der Waals surface area contributed by atoms with E-state index in [9.17, 15) is 4.79 Å². The molecule has 0 aliphatic heterocycles. The Morgan fingerprint density at radius 2 is 1.95 bits per heavy atom. The minimum Gasteiger partial charge on any atom is -0.289 e. The third kappa shape index (κ3) is 2.38. The van der Waals surface area contributed by atoms with Gasteiger partial charge in [0.25, 0.3) is 0 Å². The lowest BCUT2D eigenvalue weighted by Gasteiger charge is -2.02. The van der Waals surface area contributed by atoms with Crippen LogP contribution in [0.3, 0.4) is 0 Å². The Morgan fingerprint density at radius 3 is 2.75 bits per heavy atom. The molecule has 98 valence electrons. The summed E-state index contributed by atoms with van der Waals surface area (Å²) < 4.78 is 1.71. The van der Waals surface area contributed by atoms with Crippen LogP contribution in [-0.2, 0) is 7.05 Å². The molecule has 1 aromatic heterocycles. The summed E-state index contributed by atoms with van der Waals surface area (Å²) >= 11 is 0. The number of aromatic nitrogens is 2. The summed E-state index contributed by atoms with van der Waals surface area (Å²) in [6, 6.07) is 13.7. The molecule has 0 spiro atoms. The van der Waals surface area contributed by atoms with Crippen molar-refractivity contribution in [2.45, 2.75) is 0 Å². The first kappa shape index (κ1) is 12.4. The summed E-state index contributed by atoms with van der Waals surface area (Å²) in [6.45, 7) is 0. The first-order valence-corrected chi connectivity index (χ1v) is 6.43. The molecule has 3 aromatic rings. The molecule has 0 N–H and O–H groups in total. The van der Waals surface area contributed by atoms with Gasteiger partial charge in [0.15, 0.2) is 5.78 Å². The molecule has 0 fully saturated rings. The van der Waals surface area contributed by atoms with Crippen LogP contribution in [0.2, 0.25) is 0 Å². The molecule has 0 aliphatic rings. The minimum atomic E-state index is 0.00523. The Hall–Kier alpha value is -2.68. The molecule has 0 saturated heterocycles. The number of hydrogen-bond donors (Lipinski definition) is 0. The largest absolute Gasteiger partial charge is 0.289 e. The number of carbonyl (C=O) groups is 1. The van der Waals surface area contributed by atoms with Crippen molar-refractivity contribution in [2.24, 2.45) is 7.05 Å². The summed E-state index contributed by atoms with van der Waals surface area (Å²) in [5.74, 6) is 0.00523. The van der Waals surface area contributed by atoms with E-state index in [1.165, 1.54) is 0 Å². The fraction of sp³-hybridized carbons (Fsp3) is 0.0588. The average Bonchev–Trinajstić information content (AvgIpc) is 2.90. The van der Waals surface area contributed by atoms with Crippen molar-refractivity contribution in [3.63, 3.8) is 0 Å². The van der Waals surface area contributed by atoms with Gasteiger partial charge in [-0.2, -0.15) is 5.10 Å². The van der Waals surface area contributed by atoms with Gasteiger partial charge in [-0.05, 0) is 22.9 Å². The second-order valence-electron chi connectivity index (χ2n) is 4.67. The Bertz CT molecular complexity index is 794. The highest BCUT2D eigenvalue weighted by Crippen LogP contribution is 2.19. The minimum absolute atomic E-state index is 0.00523. The van der Waals surface area contributed by atoms with Crippen molar-refractivity contribution >= 4 is 22.6 Å². The number of nitrogens with zero attached hydrogens (tertiary/aromatic N) is 2. The van der Waals surface area contributed by atoms with Gasteiger partial charge in [0.1, 0.15) is 0 Å². The van der Waals surface area contributed by atoms with Gasteiger partial charge in [0.2, 0.25) is 0 Å². The van der Waals surface area contributed by atoms with E-state index in [-0.39, 0.29) is 5.78 Å². The van der Waals surface area contributed by atoms with E-state index in [1.807, 2.05) is 55.7 Å². The van der Waals surface area contributed by atoms with Crippen molar-refractivity contribution in [1.82, 2.24) is 9.78 Å². The van der Waals surface area contributed by atoms with E-state index in [0.29, 0.717) is 0 Å². The molecule has 0 radical (unpaired) electrons. The number of allylic oxidation sites excluding steroid dienone is 1. The van der Waals surface area contributed by atoms with Gasteiger partial charge < -0.3 is 0 Å². The second-order valence-corrected chi connectivity index (χ2v) is 4.67. The molecule has 1 heterocycles. The maximum Gasteiger partial charge on any atom is 0.186 e. The van der Waals surface area contributed by atoms with E-state index in [2.05, 4.69) is 5.10 Å². The number of rotatable bonds is 3. The number of ketones is 1. The quantitative estimate of drug-likeness (QED) is 0.535. The van der Waals surface area contributed by atoms with E-state index in [4.69, 9.17) is 0 Å². The van der Waals surface area contributed by atoms with Gasteiger partial charge in [0, 0.05) is 24.4 Å².